The van der Waals surface area contributed by atoms with Crippen LogP contribution in [-0.2, 0) is 0 Å². The number of Topliss-reactive ketones (excluding diaryl/α,β-unsaturated/α-hetero) is 1. The lowest BCUT2D eigenvalue weighted by Gasteiger charge is -2.32. The van der Waals surface area contributed by atoms with E-state index in [9.17, 15) is 4.79 Å². The Bertz CT molecular complexity index is 859. The largest absolute Gasteiger partial charge is 0.294 e. The smallest absolute Gasteiger partial charge is 0.169 e. The normalized spacial score (nSPS) is 13.5. The number of carbonyl (C=O) groups is 1. The van der Waals surface area contributed by atoms with Crippen molar-refractivity contribution in [3.63, 3.8) is 0 Å². The van der Waals surface area contributed by atoms with Crippen LogP contribution < -0.4 is 0 Å². The molecule has 0 heterocycles. The molecule has 0 amide bonds. The van der Waals surface area contributed by atoms with Crippen LogP contribution >= 0.6 is 0 Å². The van der Waals surface area contributed by atoms with Gasteiger partial charge in [-0.3, -0.25) is 4.79 Å². The van der Waals surface area contributed by atoms with Gasteiger partial charge in [-0.15, -0.1) is 5.54 Å². The van der Waals surface area contributed by atoms with Gasteiger partial charge in [0.25, 0.3) is 0 Å². The highest BCUT2D eigenvalue weighted by Crippen LogP contribution is 2.40. The molecule has 0 radical (unpaired) electrons. The highest BCUT2D eigenvalue weighted by Gasteiger charge is 2.37. The predicted molar refractivity (Wildman–Crippen MR) is 119 cm³/mol. The van der Waals surface area contributed by atoms with Gasteiger partial charge in [0.1, 0.15) is 8.07 Å². The molecule has 2 rings (SSSR count). The van der Waals surface area contributed by atoms with Crippen molar-refractivity contribution in [2.75, 3.05) is 0 Å². The minimum atomic E-state index is -1.44. The predicted octanol–water partition coefficient (Wildman–Crippen LogP) is 6.51. The molecule has 2 heteroatoms. The van der Waals surface area contributed by atoms with Crippen LogP contribution in [0, 0.1) is 16.9 Å². The molecule has 0 aromatic heterocycles. The molecule has 140 valence electrons. The lowest BCUT2D eigenvalue weighted by atomic mass is 9.70. The summed E-state index contributed by atoms with van der Waals surface area (Å²) in [5.74, 6) is 3.45. The van der Waals surface area contributed by atoms with E-state index in [1.165, 1.54) is 0 Å². The Hall–Kier alpha value is -2.37. The minimum absolute atomic E-state index is 0.0395. The number of hydrogen-bond acceptors (Lipinski definition) is 1. The molecule has 0 N–H and O–H groups in total. The molecule has 2 aromatic carbocycles. The summed E-state index contributed by atoms with van der Waals surface area (Å²) in [7, 11) is -1.44. The molecule has 0 aliphatic heterocycles. The van der Waals surface area contributed by atoms with E-state index in [1.807, 2.05) is 69.3 Å². The number of benzene rings is 2. The molecule has 0 aliphatic rings. The van der Waals surface area contributed by atoms with Crippen LogP contribution in [0.4, 0.5) is 0 Å². The summed E-state index contributed by atoms with van der Waals surface area (Å²) in [6, 6.07) is 19.8. The van der Waals surface area contributed by atoms with Crippen molar-refractivity contribution in [2.45, 2.75) is 46.3 Å². The van der Waals surface area contributed by atoms with E-state index in [-0.39, 0.29) is 11.7 Å². The third-order valence-corrected chi connectivity index (χ3v) is 5.48. The maximum absolute atomic E-state index is 13.3. The molecule has 27 heavy (non-hydrogen) atoms. The average molecular weight is 375 g/mol. The fourth-order valence-corrected chi connectivity index (χ4v) is 3.63. The third-order valence-electron chi connectivity index (χ3n) is 4.61. The summed E-state index contributed by atoms with van der Waals surface area (Å²) in [5, 5.41) is 0. The van der Waals surface area contributed by atoms with Crippen molar-refractivity contribution in [3.05, 3.63) is 83.4 Å². The van der Waals surface area contributed by atoms with Gasteiger partial charge in [-0.2, -0.15) is 0 Å². The van der Waals surface area contributed by atoms with Crippen LogP contribution in [0.3, 0.4) is 0 Å². The molecule has 1 nitrogen and oxygen atoms in total. The molecule has 0 bridgehead atoms. The zero-order valence-electron chi connectivity index (χ0n) is 17.3. The van der Waals surface area contributed by atoms with E-state index in [4.69, 9.17) is 0 Å². The van der Waals surface area contributed by atoms with Crippen LogP contribution in [0.2, 0.25) is 19.6 Å². The van der Waals surface area contributed by atoms with Gasteiger partial charge in [0.15, 0.2) is 5.78 Å². The topological polar surface area (TPSA) is 17.1 Å². The quantitative estimate of drug-likeness (QED) is 0.331. The zero-order chi connectivity index (χ0) is 20.1. The summed E-state index contributed by atoms with van der Waals surface area (Å²) < 4.78 is 0. The maximum atomic E-state index is 13.3. The lowest BCUT2D eigenvalue weighted by molar-refractivity contribution is 0.0819. The van der Waals surface area contributed by atoms with E-state index in [0.717, 1.165) is 16.7 Å². The Balaban J connectivity index is 2.49. The first-order valence-corrected chi connectivity index (χ1v) is 13.0. The van der Waals surface area contributed by atoms with E-state index < -0.39 is 13.5 Å². The highest BCUT2D eigenvalue weighted by molar-refractivity contribution is 6.83. The summed E-state index contributed by atoms with van der Waals surface area (Å²) >= 11 is 0. The molecule has 1 unspecified atom stereocenters. The maximum Gasteiger partial charge on any atom is 0.169 e. The molecule has 0 saturated heterocycles. The molecule has 2 aromatic rings. The summed E-state index contributed by atoms with van der Waals surface area (Å²) in [4.78, 5) is 13.3. The van der Waals surface area contributed by atoms with Crippen molar-refractivity contribution in [3.8, 4) is 11.5 Å². The first kappa shape index (κ1) is 20.9. The van der Waals surface area contributed by atoms with Gasteiger partial charge in [0.05, 0.1) is 0 Å². The number of rotatable bonds is 5. The third kappa shape index (κ3) is 5.81. The van der Waals surface area contributed by atoms with Crippen LogP contribution in [-0.4, -0.2) is 13.9 Å². The van der Waals surface area contributed by atoms with Crippen molar-refractivity contribution in [1.82, 2.24) is 0 Å². The Kier molecular flexibility index (Phi) is 6.62. The Labute approximate surface area is 165 Å². The number of hydrogen-bond donors (Lipinski definition) is 0. The molecule has 0 spiro atoms. The van der Waals surface area contributed by atoms with Gasteiger partial charge in [0.2, 0.25) is 0 Å². The second-order valence-corrected chi connectivity index (χ2v) is 13.4. The number of carbonyl (C=O) groups excluding carboxylic acids is 1. The average Bonchev–Trinajstić information content (AvgIpc) is 2.64. The second kappa shape index (κ2) is 8.54. The number of allylic oxidation sites excluding steroid dienone is 2. The fraction of sp³-hybridized carbons (Fsp3) is 0.320. The van der Waals surface area contributed by atoms with Gasteiger partial charge in [-0.05, 0) is 18.1 Å². The summed E-state index contributed by atoms with van der Waals surface area (Å²) in [5.41, 5.74) is 5.77. The van der Waals surface area contributed by atoms with Crippen molar-refractivity contribution < 1.29 is 4.79 Å². The van der Waals surface area contributed by atoms with Crippen LogP contribution in [0.15, 0.2) is 72.3 Å². The molecular weight excluding hydrogens is 344 g/mol. The van der Waals surface area contributed by atoms with E-state index in [0.29, 0.717) is 0 Å². The van der Waals surface area contributed by atoms with Gasteiger partial charge in [-0.25, -0.2) is 0 Å². The Morgan fingerprint density at radius 2 is 1.48 bits per heavy atom. The fourth-order valence-electron chi connectivity index (χ4n) is 3.06. The Morgan fingerprint density at radius 3 is 2.00 bits per heavy atom. The van der Waals surface area contributed by atoms with Crippen LogP contribution in [0.5, 0.6) is 0 Å². The van der Waals surface area contributed by atoms with Crippen molar-refractivity contribution >= 4 is 13.9 Å². The standard InChI is InChI=1S/C25H30OSi/c1-20(17-18-27(4,5)6)19-23(21-13-9-7-10-14-21)25(2,3)24(26)22-15-11-8-12-16-22/h7-16,19,23H,1-6H3/b20-19-. The van der Waals surface area contributed by atoms with E-state index in [2.05, 4.69) is 49.3 Å². The molecular formula is C25H30OSi. The lowest BCUT2D eigenvalue weighted by Crippen LogP contribution is -2.31. The molecule has 0 saturated carbocycles. The van der Waals surface area contributed by atoms with Crippen LogP contribution in [0.25, 0.3) is 0 Å². The minimum Gasteiger partial charge on any atom is -0.294 e. The number of ketones is 1. The van der Waals surface area contributed by atoms with Gasteiger partial charge in [0, 0.05) is 16.9 Å². The summed E-state index contributed by atoms with van der Waals surface area (Å²) in [6.45, 7) is 12.8. The van der Waals surface area contributed by atoms with Crippen molar-refractivity contribution in [2.24, 2.45) is 5.41 Å². The van der Waals surface area contributed by atoms with Gasteiger partial charge in [-0.1, -0.05) is 106 Å². The van der Waals surface area contributed by atoms with E-state index >= 15 is 0 Å². The van der Waals surface area contributed by atoms with Crippen molar-refractivity contribution in [1.29, 1.82) is 0 Å². The van der Waals surface area contributed by atoms with Gasteiger partial charge < -0.3 is 0 Å². The Morgan fingerprint density at radius 1 is 0.963 bits per heavy atom. The van der Waals surface area contributed by atoms with Crippen LogP contribution in [0.1, 0.15) is 42.6 Å². The zero-order valence-corrected chi connectivity index (χ0v) is 18.3. The first-order valence-electron chi connectivity index (χ1n) is 9.47. The highest BCUT2D eigenvalue weighted by atomic mass is 28.3. The monoisotopic (exact) mass is 374 g/mol. The molecule has 1 atom stereocenters. The SMILES string of the molecule is C/C(C#C[Si](C)(C)C)=C/C(c1ccccc1)C(C)(C)C(=O)c1ccccc1. The molecule has 0 fully saturated rings. The first-order chi connectivity index (χ1) is 12.6. The van der Waals surface area contributed by atoms with Gasteiger partial charge >= 0.3 is 0 Å². The van der Waals surface area contributed by atoms with E-state index in [1.54, 1.807) is 0 Å². The summed E-state index contributed by atoms with van der Waals surface area (Å²) in [6.07, 6.45) is 2.17. The molecule has 0 aliphatic carbocycles. The second-order valence-electron chi connectivity index (χ2n) is 8.65.